The van der Waals surface area contributed by atoms with Gasteiger partial charge in [0.15, 0.2) is 0 Å². The van der Waals surface area contributed by atoms with E-state index in [1.807, 2.05) is 0 Å². The maximum atomic E-state index is 2.65. The Morgan fingerprint density at radius 2 is 1.48 bits per heavy atom. The van der Waals surface area contributed by atoms with Gasteiger partial charge in [-0.2, -0.15) is 0 Å². The van der Waals surface area contributed by atoms with Crippen molar-refractivity contribution in [3.05, 3.63) is 42.0 Å². The number of nitrogens with zero attached hydrogens (tertiary/aromatic N) is 2. The average molecular weight is 315 g/mol. The van der Waals surface area contributed by atoms with E-state index in [0.29, 0.717) is 0 Å². The van der Waals surface area contributed by atoms with Crippen LogP contribution in [0.15, 0.2) is 36.4 Å². The van der Waals surface area contributed by atoms with Crippen molar-refractivity contribution in [3.8, 4) is 0 Å². The number of unbranched alkanes of at least 4 members (excludes halogenated alkanes) is 5. The molecule has 1 aliphatic heterocycles. The van der Waals surface area contributed by atoms with Crippen LogP contribution in [0.25, 0.3) is 6.08 Å². The van der Waals surface area contributed by atoms with Crippen molar-refractivity contribution < 1.29 is 0 Å². The molecule has 0 amide bonds. The minimum Gasteiger partial charge on any atom is -0.301 e. The molecular weight excluding hydrogens is 280 g/mol. The Hall–Kier alpha value is -1.12. The summed E-state index contributed by atoms with van der Waals surface area (Å²) in [5.74, 6) is 0. The molecule has 0 saturated carbocycles. The van der Waals surface area contributed by atoms with Crippen molar-refractivity contribution in [1.29, 1.82) is 0 Å². The highest BCUT2D eigenvalue weighted by Crippen LogP contribution is 2.08. The van der Waals surface area contributed by atoms with Crippen molar-refractivity contribution >= 4 is 6.08 Å². The van der Waals surface area contributed by atoms with Crippen LogP contribution in [0.1, 0.15) is 51.0 Å². The van der Waals surface area contributed by atoms with Gasteiger partial charge in [0.1, 0.15) is 0 Å². The van der Waals surface area contributed by atoms with Gasteiger partial charge in [0.25, 0.3) is 0 Å². The number of piperazine rings is 1. The predicted molar refractivity (Wildman–Crippen MR) is 102 cm³/mol. The summed E-state index contributed by atoms with van der Waals surface area (Å²) in [6.07, 6.45) is 13.0. The van der Waals surface area contributed by atoms with Crippen LogP contribution in [0.3, 0.4) is 0 Å². The molecule has 0 spiro atoms. The highest BCUT2D eigenvalue weighted by atomic mass is 15.3. The lowest BCUT2D eigenvalue weighted by Crippen LogP contribution is -2.46. The lowest BCUT2D eigenvalue weighted by atomic mass is 10.1. The minimum atomic E-state index is 1.08. The summed E-state index contributed by atoms with van der Waals surface area (Å²) in [6, 6.07) is 10.6. The molecule has 1 heterocycles. The van der Waals surface area contributed by atoms with Crippen molar-refractivity contribution in [3.63, 3.8) is 0 Å². The van der Waals surface area contributed by atoms with Gasteiger partial charge in [0.2, 0.25) is 0 Å². The fourth-order valence-electron chi connectivity index (χ4n) is 3.21. The van der Waals surface area contributed by atoms with E-state index in [4.69, 9.17) is 0 Å². The summed E-state index contributed by atoms with van der Waals surface area (Å²) in [5, 5.41) is 0. The first-order chi connectivity index (χ1) is 11.4. The smallest absolute Gasteiger partial charge is 0.0167 e. The largest absolute Gasteiger partial charge is 0.301 e. The molecule has 1 aliphatic rings. The second-order valence-corrected chi connectivity index (χ2v) is 6.72. The van der Waals surface area contributed by atoms with Crippen molar-refractivity contribution in [1.82, 2.24) is 9.80 Å². The van der Waals surface area contributed by atoms with E-state index in [0.717, 1.165) is 6.54 Å². The molecule has 128 valence electrons. The molecule has 0 radical (unpaired) electrons. The van der Waals surface area contributed by atoms with E-state index >= 15 is 0 Å². The molecule has 1 saturated heterocycles. The molecule has 0 unspecified atom stereocenters. The van der Waals surface area contributed by atoms with Gasteiger partial charge in [0, 0.05) is 32.7 Å². The Kier molecular flexibility index (Phi) is 9.05. The summed E-state index contributed by atoms with van der Waals surface area (Å²) in [6.45, 7) is 9.60. The number of hydrogen-bond acceptors (Lipinski definition) is 2. The molecule has 2 heteroatoms. The van der Waals surface area contributed by atoms with Crippen LogP contribution in [0, 0.1) is 0 Å². The lowest BCUT2D eigenvalue weighted by Gasteiger charge is -2.34. The fraction of sp³-hybridized carbons (Fsp3) is 0.619. The van der Waals surface area contributed by atoms with Gasteiger partial charge < -0.3 is 4.90 Å². The van der Waals surface area contributed by atoms with E-state index < -0.39 is 0 Å². The van der Waals surface area contributed by atoms with Crippen molar-refractivity contribution in [2.45, 2.75) is 45.4 Å². The van der Waals surface area contributed by atoms with Crippen molar-refractivity contribution in [2.75, 3.05) is 39.3 Å². The summed E-state index contributed by atoms with van der Waals surface area (Å²) in [7, 11) is 0. The fourth-order valence-corrected chi connectivity index (χ4v) is 3.21. The summed E-state index contributed by atoms with van der Waals surface area (Å²) in [5.41, 5.74) is 1.30. The second-order valence-electron chi connectivity index (χ2n) is 6.72. The molecule has 1 fully saturated rings. The Bertz CT molecular complexity index is 419. The van der Waals surface area contributed by atoms with Gasteiger partial charge in [-0.3, -0.25) is 4.90 Å². The van der Waals surface area contributed by atoms with Gasteiger partial charge in [0.05, 0.1) is 0 Å². The topological polar surface area (TPSA) is 6.48 Å². The number of hydrogen-bond donors (Lipinski definition) is 0. The molecule has 0 atom stereocenters. The van der Waals surface area contributed by atoms with Gasteiger partial charge >= 0.3 is 0 Å². The monoisotopic (exact) mass is 314 g/mol. The number of benzene rings is 1. The van der Waals surface area contributed by atoms with Crippen LogP contribution < -0.4 is 0 Å². The van der Waals surface area contributed by atoms with Crippen LogP contribution >= 0.6 is 0 Å². The van der Waals surface area contributed by atoms with Crippen LogP contribution in [0.5, 0.6) is 0 Å². The summed E-state index contributed by atoms with van der Waals surface area (Å²) >= 11 is 0. The van der Waals surface area contributed by atoms with E-state index in [1.165, 1.54) is 76.8 Å². The highest BCUT2D eigenvalue weighted by molar-refractivity contribution is 5.48. The molecule has 0 aliphatic carbocycles. The molecular formula is C21H34N2. The highest BCUT2D eigenvalue weighted by Gasteiger charge is 2.14. The molecule has 1 aromatic rings. The van der Waals surface area contributed by atoms with Crippen LogP contribution in [0.4, 0.5) is 0 Å². The zero-order chi connectivity index (χ0) is 16.2. The third kappa shape index (κ3) is 7.81. The summed E-state index contributed by atoms with van der Waals surface area (Å²) < 4.78 is 0. The first-order valence-corrected chi connectivity index (χ1v) is 9.55. The van der Waals surface area contributed by atoms with Gasteiger partial charge in [-0.15, -0.1) is 0 Å². The maximum absolute atomic E-state index is 2.65. The first-order valence-electron chi connectivity index (χ1n) is 9.55. The van der Waals surface area contributed by atoms with Crippen LogP contribution in [-0.2, 0) is 0 Å². The first kappa shape index (κ1) is 18.2. The second kappa shape index (κ2) is 11.4. The maximum Gasteiger partial charge on any atom is 0.0167 e. The molecule has 23 heavy (non-hydrogen) atoms. The molecule has 0 bridgehead atoms. The molecule has 1 aromatic carbocycles. The Labute approximate surface area is 143 Å². The standard InChI is InChI=1S/C21H34N2/c1-2-3-4-5-6-10-15-22-17-19-23(20-18-22)16-11-14-21-12-8-7-9-13-21/h7-9,11-14H,2-6,10,15-20H2,1H3. The van der Waals surface area contributed by atoms with Crippen molar-refractivity contribution in [2.24, 2.45) is 0 Å². The van der Waals surface area contributed by atoms with E-state index in [-0.39, 0.29) is 0 Å². The van der Waals surface area contributed by atoms with E-state index in [9.17, 15) is 0 Å². The summed E-state index contributed by atoms with van der Waals surface area (Å²) in [4.78, 5) is 5.22. The minimum absolute atomic E-state index is 1.08. The Morgan fingerprint density at radius 1 is 0.826 bits per heavy atom. The van der Waals surface area contributed by atoms with Crippen LogP contribution in [-0.4, -0.2) is 49.1 Å². The normalized spacial score (nSPS) is 17.1. The predicted octanol–water partition coefficient (Wildman–Crippen LogP) is 4.68. The SMILES string of the molecule is CCCCCCCCN1CCN(CC=Cc2ccccc2)CC1. The lowest BCUT2D eigenvalue weighted by molar-refractivity contribution is 0.140. The Balaban J connectivity index is 1.53. The third-order valence-corrected chi connectivity index (χ3v) is 4.77. The van der Waals surface area contributed by atoms with Crippen LogP contribution in [0.2, 0.25) is 0 Å². The van der Waals surface area contributed by atoms with Gasteiger partial charge in [-0.05, 0) is 18.5 Å². The molecule has 2 rings (SSSR count). The van der Waals surface area contributed by atoms with E-state index in [2.05, 4.69) is 59.2 Å². The Morgan fingerprint density at radius 3 is 2.22 bits per heavy atom. The zero-order valence-corrected chi connectivity index (χ0v) is 14.9. The zero-order valence-electron chi connectivity index (χ0n) is 14.9. The molecule has 2 nitrogen and oxygen atoms in total. The molecule has 0 aromatic heterocycles. The molecule has 0 N–H and O–H groups in total. The third-order valence-electron chi connectivity index (χ3n) is 4.77. The van der Waals surface area contributed by atoms with Gasteiger partial charge in [-0.1, -0.05) is 81.5 Å². The van der Waals surface area contributed by atoms with Gasteiger partial charge in [-0.25, -0.2) is 0 Å². The average Bonchev–Trinajstić information content (AvgIpc) is 2.60. The quantitative estimate of drug-likeness (QED) is 0.579. The van der Waals surface area contributed by atoms with E-state index in [1.54, 1.807) is 0 Å². The number of rotatable bonds is 10.